The standard InChI is InChI=1S/C14H23NO3/c1-9-7-15(8-10(9)2)13(16)11-5-3-4-6-12(11)14(17)18/h9-12H,3-8H2,1-2H3,(H,17,18). The second-order valence-electron chi connectivity index (χ2n) is 6.03. The quantitative estimate of drug-likeness (QED) is 0.818. The molecule has 1 N–H and O–H groups in total. The van der Waals surface area contributed by atoms with E-state index in [2.05, 4.69) is 13.8 Å². The van der Waals surface area contributed by atoms with Crippen LogP contribution in [-0.2, 0) is 9.59 Å². The van der Waals surface area contributed by atoms with Gasteiger partial charge in [-0.05, 0) is 24.7 Å². The van der Waals surface area contributed by atoms with Gasteiger partial charge in [0.25, 0.3) is 0 Å². The zero-order valence-corrected chi connectivity index (χ0v) is 11.3. The zero-order valence-electron chi connectivity index (χ0n) is 11.3. The Labute approximate surface area is 108 Å². The van der Waals surface area contributed by atoms with Crippen LogP contribution in [-0.4, -0.2) is 35.0 Å². The largest absolute Gasteiger partial charge is 0.481 e. The number of likely N-dealkylation sites (tertiary alicyclic amines) is 1. The Hall–Kier alpha value is -1.06. The van der Waals surface area contributed by atoms with Crippen molar-refractivity contribution < 1.29 is 14.7 Å². The molecule has 1 amide bonds. The van der Waals surface area contributed by atoms with Crippen LogP contribution in [0.15, 0.2) is 0 Å². The molecule has 2 rings (SSSR count). The number of amides is 1. The number of carbonyl (C=O) groups is 2. The van der Waals surface area contributed by atoms with Gasteiger partial charge in [0.05, 0.1) is 11.8 Å². The number of hydrogen-bond donors (Lipinski definition) is 1. The highest BCUT2D eigenvalue weighted by atomic mass is 16.4. The summed E-state index contributed by atoms with van der Waals surface area (Å²) in [5.74, 6) is -0.403. The fraction of sp³-hybridized carbons (Fsp3) is 0.857. The van der Waals surface area contributed by atoms with E-state index >= 15 is 0 Å². The van der Waals surface area contributed by atoms with Gasteiger partial charge in [0.1, 0.15) is 0 Å². The normalized spacial score (nSPS) is 36.7. The second kappa shape index (κ2) is 5.29. The molecule has 2 aliphatic rings. The minimum atomic E-state index is -0.798. The third-order valence-corrected chi connectivity index (χ3v) is 4.70. The van der Waals surface area contributed by atoms with Crippen LogP contribution in [0.2, 0.25) is 0 Å². The number of carboxylic acids is 1. The molecule has 1 heterocycles. The molecule has 4 heteroatoms. The van der Waals surface area contributed by atoms with Crippen LogP contribution in [0.25, 0.3) is 0 Å². The van der Waals surface area contributed by atoms with Gasteiger partial charge in [0.2, 0.25) is 5.91 Å². The Bertz CT molecular complexity index is 332. The van der Waals surface area contributed by atoms with Crippen LogP contribution in [0.4, 0.5) is 0 Å². The third-order valence-electron chi connectivity index (χ3n) is 4.70. The van der Waals surface area contributed by atoms with E-state index in [-0.39, 0.29) is 11.8 Å². The highest BCUT2D eigenvalue weighted by molar-refractivity contribution is 5.85. The van der Waals surface area contributed by atoms with Gasteiger partial charge < -0.3 is 10.0 Å². The molecule has 0 bridgehead atoms. The molecule has 0 aromatic heterocycles. The van der Waals surface area contributed by atoms with Crippen molar-refractivity contribution in [3.63, 3.8) is 0 Å². The number of hydrogen-bond acceptors (Lipinski definition) is 2. The average Bonchev–Trinajstić information content (AvgIpc) is 2.68. The first kappa shape index (κ1) is 13.4. The molecular weight excluding hydrogens is 230 g/mol. The van der Waals surface area contributed by atoms with Crippen molar-refractivity contribution in [2.45, 2.75) is 39.5 Å². The average molecular weight is 253 g/mol. The Morgan fingerprint density at radius 2 is 1.50 bits per heavy atom. The summed E-state index contributed by atoms with van der Waals surface area (Å²) in [6, 6.07) is 0. The number of aliphatic carboxylic acids is 1. The molecule has 0 spiro atoms. The predicted molar refractivity (Wildman–Crippen MR) is 68.0 cm³/mol. The Morgan fingerprint density at radius 3 is 2.00 bits per heavy atom. The van der Waals surface area contributed by atoms with E-state index in [9.17, 15) is 14.7 Å². The Morgan fingerprint density at radius 1 is 1.00 bits per heavy atom. The minimum Gasteiger partial charge on any atom is -0.481 e. The lowest BCUT2D eigenvalue weighted by molar-refractivity contribution is -0.152. The van der Waals surface area contributed by atoms with E-state index in [0.29, 0.717) is 18.3 Å². The van der Waals surface area contributed by atoms with Gasteiger partial charge in [0.15, 0.2) is 0 Å². The smallest absolute Gasteiger partial charge is 0.307 e. The molecule has 4 nitrogen and oxygen atoms in total. The van der Waals surface area contributed by atoms with Crippen molar-refractivity contribution in [1.82, 2.24) is 4.90 Å². The van der Waals surface area contributed by atoms with E-state index < -0.39 is 11.9 Å². The summed E-state index contributed by atoms with van der Waals surface area (Å²) in [4.78, 5) is 25.6. The first-order chi connectivity index (χ1) is 8.50. The van der Waals surface area contributed by atoms with Crippen molar-refractivity contribution in [2.24, 2.45) is 23.7 Å². The molecule has 4 unspecified atom stereocenters. The summed E-state index contributed by atoms with van der Waals surface area (Å²) in [6.45, 7) is 5.91. The molecular formula is C14H23NO3. The summed E-state index contributed by atoms with van der Waals surface area (Å²) in [5.41, 5.74) is 0. The van der Waals surface area contributed by atoms with Crippen LogP contribution < -0.4 is 0 Å². The van der Waals surface area contributed by atoms with Crippen LogP contribution >= 0.6 is 0 Å². The number of carboxylic acid groups (broad SMARTS) is 1. The van der Waals surface area contributed by atoms with Crippen molar-refractivity contribution in [2.75, 3.05) is 13.1 Å². The molecule has 4 atom stereocenters. The second-order valence-corrected chi connectivity index (χ2v) is 6.03. The van der Waals surface area contributed by atoms with Gasteiger partial charge >= 0.3 is 5.97 Å². The maximum atomic E-state index is 12.5. The maximum Gasteiger partial charge on any atom is 0.307 e. The van der Waals surface area contributed by atoms with Gasteiger partial charge in [-0.2, -0.15) is 0 Å². The summed E-state index contributed by atoms with van der Waals surface area (Å²) in [7, 11) is 0. The first-order valence-electron chi connectivity index (χ1n) is 7.02. The topological polar surface area (TPSA) is 57.6 Å². The third kappa shape index (κ3) is 2.52. The van der Waals surface area contributed by atoms with Crippen molar-refractivity contribution in [3.05, 3.63) is 0 Å². The molecule has 18 heavy (non-hydrogen) atoms. The van der Waals surface area contributed by atoms with Crippen LogP contribution in [0.1, 0.15) is 39.5 Å². The number of carbonyl (C=O) groups excluding carboxylic acids is 1. The van der Waals surface area contributed by atoms with Gasteiger partial charge in [0, 0.05) is 13.1 Å². The van der Waals surface area contributed by atoms with E-state index in [1.807, 2.05) is 4.90 Å². The summed E-state index contributed by atoms with van der Waals surface area (Å²) in [6.07, 6.45) is 3.33. The number of rotatable bonds is 2. The lowest BCUT2D eigenvalue weighted by atomic mass is 9.78. The van der Waals surface area contributed by atoms with Gasteiger partial charge in [-0.15, -0.1) is 0 Å². The highest BCUT2D eigenvalue weighted by Crippen LogP contribution is 2.33. The van der Waals surface area contributed by atoms with E-state index in [1.165, 1.54) is 0 Å². The zero-order chi connectivity index (χ0) is 13.3. The molecule has 2 fully saturated rings. The van der Waals surface area contributed by atoms with Gasteiger partial charge in [-0.25, -0.2) is 0 Å². The van der Waals surface area contributed by atoms with Crippen LogP contribution in [0.5, 0.6) is 0 Å². The van der Waals surface area contributed by atoms with Crippen molar-refractivity contribution >= 4 is 11.9 Å². The molecule has 1 aliphatic carbocycles. The molecule has 1 saturated heterocycles. The van der Waals surface area contributed by atoms with E-state index in [0.717, 1.165) is 32.4 Å². The maximum absolute atomic E-state index is 12.5. The highest BCUT2D eigenvalue weighted by Gasteiger charge is 2.40. The monoisotopic (exact) mass is 253 g/mol. The summed E-state index contributed by atoms with van der Waals surface area (Å²) in [5, 5.41) is 9.23. The molecule has 1 aliphatic heterocycles. The molecule has 0 aromatic carbocycles. The molecule has 0 aromatic rings. The SMILES string of the molecule is CC1CN(C(=O)C2CCCCC2C(=O)O)CC1C. The molecule has 0 radical (unpaired) electrons. The van der Waals surface area contributed by atoms with Crippen molar-refractivity contribution in [3.8, 4) is 0 Å². The fourth-order valence-electron chi connectivity index (χ4n) is 3.27. The Kier molecular flexibility index (Phi) is 3.93. The van der Waals surface area contributed by atoms with Crippen LogP contribution in [0, 0.1) is 23.7 Å². The fourth-order valence-corrected chi connectivity index (χ4v) is 3.27. The van der Waals surface area contributed by atoms with Crippen LogP contribution in [0.3, 0.4) is 0 Å². The first-order valence-corrected chi connectivity index (χ1v) is 7.02. The van der Waals surface area contributed by atoms with E-state index in [4.69, 9.17) is 0 Å². The lowest BCUT2D eigenvalue weighted by Crippen LogP contribution is -2.41. The summed E-state index contributed by atoms with van der Waals surface area (Å²) >= 11 is 0. The van der Waals surface area contributed by atoms with Gasteiger partial charge in [-0.3, -0.25) is 9.59 Å². The lowest BCUT2D eigenvalue weighted by Gasteiger charge is -2.31. The Balaban J connectivity index is 2.05. The summed E-state index contributed by atoms with van der Waals surface area (Å²) < 4.78 is 0. The minimum absolute atomic E-state index is 0.0818. The van der Waals surface area contributed by atoms with Gasteiger partial charge in [-0.1, -0.05) is 26.7 Å². The predicted octanol–water partition coefficient (Wildman–Crippen LogP) is 1.99. The molecule has 1 saturated carbocycles. The van der Waals surface area contributed by atoms with E-state index in [1.54, 1.807) is 0 Å². The molecule has 102 valence electrons. The van der Waals surface area contributed by atoms with Crippen molar-refractivity contribution in [1.29, 1.82) is 0 Å². The number of nitrogens with zero attached hydrogens (tertiary/aromatic N) is 1.